The first-order chi connectivity index (χ1) is 11.9. The Morgan fingerprint density at radius 2 is 1.60 bits per heavy atom. The van der Waals surface area contributed by atoms with Crippen LogP contribution in [0, 0.1) is 0 Å². The summed E-state index contributed by atoms with van der Waals surface area (Å²) >= 11 is 0. The third-order valence-electron chi connectivity index (χ3n) is 3.97. The Balaban J connectivity index is 1.86. The van der Waals surface area contributed by atoms with Gasteiger partial charge in [-0.05, 0) is 36.4 Å². The van der Waals surface area contributed by atoms with Gasteiger partial charge in [-0.1, -0.05) is 37.3 Å². The van der Waals surface area contributed by atoms with Gasteiger partial charge in [0.1, 0.15) is 12.4 Å². The van der Waals surface area contributed by atoms with Gasteiger partial charge in [-0.2, -0.15) is 0 Å². The number of likely N-dealkylation sites (N-methyl/N-ethyl adjacent to an activating group) is 1. The van der Waals surface area contributed by atoms with Crippen LogP contribution in [0.2, 0.25) is 0 Å². The van der Waals surface area contributed by atoms with Crippen molar-refractivity contribution in [2.45, 2.75) is 18.4 Å². The number of hydrogen-bond donors (Lipinski definition) is 0. The van der Waals surface area contributed by atoms with Crippen molar-refractivity contribution in [1.29, 1.82) is 0 Å². The molecule has 2 aromatic carbocycles. The number of rotatable bonds is 9. The van der Waals surface area contributed by atoms with Gasteiger partial charge in [0.25, 0.3) is 0 Å². The summed E-state index contributed by atoms with van der Waals surface area (Å²) < 4.78 is 31.0. The normalized spacial score (nSPS) is 11.9. The Hall–Kier alpha value is -1.89. The van der Waals surface area contributed by atoms with Crippen molar-refractivity contribution in [2.24, 2.45) is 0 Å². The fourth-order valence-electron chi connectivity index (χ4n) is 2.40. The molecule has 0 saturated carbocycles. The minimum Gasteiger partial charge on any atom is -0.492 e. The second-order valence-electron chi connectivity index (χ2n) is 5.96. The van der Waals surface area contributed by atoms with Gasteiger partial charge in [-0.25, -0.2) is 12.7 Å². The molecular formula is C19H26N2O3S. The molecule has 0 heterocycles. The van der Waals surface area contributed by atoms with Crippen LogP contribution in [0.5, 0.6) is 5.75 Å². The molecule has 2 rings (SSSR count). The molecule has 136 valence electrons. The zero-order valence-corrected chi connectivity index (χ0v) is 15.9. The first-order valence-corrected chi connectivity index (χ1v) is 9.79. The first-order valence-electron chi connectivity index (χ1n) is 8.35. The lowest BCUT2D eigenvalue weighted by molar-refractivity contribution is 0.210. The zero-order chi connectivity index (χ0) is 18.3. The summed E-state index contributed by atoms with van der Waals surface area (Å²) in [6, 6.07) is 16.9. The third kappa shape index (κ3) is 5.56. The van der Waals surface area contributed by atoms with Gasteiger partial charge in [0, 0.05) is 27.2 Å². The van der Waals surface area contributed by atoms with Crippen LogP contribution in [-0.4, -0.2) is 51.4 Å². The lowest BCUT2D eigenvalue weighted by Crippen LogP contribution is -2.27. The molecule has 0 fully saturated rings. The van der Waals surface area contributed by atoms with Crippen LogP contribution >= 0.6 is 0 Å². The minimum atomic E-state index is -3.40. The maximum absolute atomic E-state index is 12.0. The average Bonchev–Trinajstić information content (AvgIpc) is 2.62. The summed E-state index contributed by atoms with van der Waals surface area (Å²) in [7, 11) is -0.357. The molecule has 0 radical (unpaired) electrons. The zero-order valence-electron chi connectivity index (χ0n) is 15.1. The Morgan fingerprint density at radius 3 is 2.16 bits per heavy atom. The molecule has 0 atom stereocenters. The van der Waals surface area contributed by atoms with Crippen LogP contribution in [0.15, 0.2) is 59.5 Å². The first kappa shape index (κ1) is 19.4. The van der Waals surface area contributed by atoms with Gasteiger partial charge in [-0.3, -0.25) is 4.90 Å². The van der Waals surface area contributed by atoms with Crippen molar-refractivity contribution >= 4 is 10.0 Å². The third-order valence-corrected chi connectivity index (χ3v) is 5.80. The molecule has 0 amide bonds. The summed E-state index contributed by atoms with van der Waals surface area (Å²) in [5.74, 6) is 0.675. The summed E-state index contributed by atoms with van der Waals surface area (Å²) in [4.78, 5) is 2.57. The lowest BCUT2D eigenvalue weighted by Gasteiger charge is -2.20. The molecule has 0 saturated heterocycles. The van der Waals surface area contributed by atoms with E-state index in [1.165, 1.54) is 24.0 Å². The quantitative estimate of drug-likeness (QED) is 0.688. The maximum Gasteiger partial charge on any atom is 0.242 e. The van der Waals surface area contributed by atoms with Crippen molar-refractivity contribution in [1.82, 2.24) is 9.21 Å². The molecule has 6 heteroatoms. The molecule has 0 aliphatic heterocycles. The van der Waals surface area contributed by atoms with Crippen molar-refractivity contribution in [3.05, 3.63) is 60.2 Å². The largest absolute Gasteiger partial charge is 0.492 e. The van der Waals surface area contributed by atoms with Crippen LogP contribution < -0.4 is 4.74 Å². The predicted octanol–water partition coefficient (Wildman–Crippen LogP) is 2.84. The Labute approximate surface area is 150 Å². The molecule has 5 nitrogen and oxygen atoms in total. The van der Waals surface area contributed by atoms with Gasteiger partial charge in [0.2, 0.25) is 10.0 Å². The molecule has 0 unspecified atom stereocenters. The standard InChI is InChI=1S/C19H26N2O3S/c1-4-21(16-17-8-6-5-7-9-17)14-15-24-18-10-12-19(13-11-18)25(22,23)20(2)3/h5-13H,4,14-16H2,1-3H3. The van der Waals surface area contributed by atoms with Crippen molar-refractivity contribution in [3.8, 4) is 5.75 Å². The average molecular weight is 362 g/mol. The van der Waals surface area contributed by atoms with E-state index in [2.05, 4.69) is 24.0 Å². The summed E-state index contributed by atoms with van der Waals surface area (Å²) in [5, 5.41) is 0. The van der Waals surface area contributed by atoms with E-state index >= 15 is 0 Å². The number of hydrogen-bond acceptors (Lipinski definition) is 4. The Morgan fingerprint density at radius 1 is 0.960 bits per heavy atom. The monoisotopic (exact) mass is 362 g/mol. The molecule has 0 aliphatic rings. The van der Waals surface area contributed by atoms with Gasteiger partial charge in [-0.15, -0.1) is 0 Å². The molecule has 0 bridgehead atoms. The molecule has 0 aliphatic carbocycles. The Bertz CT molecular complexity index is 744. The molecule has 25 heavy (non-hydrogen) atoms. The van der Waals surface area contributed by atoms with Crippen LogP contribution in [0.1, 0.15) is 12.5 Å². The number of benzene rings is 2. The summed E-state index contributed by atoms with van der Waals surface area (Å²) in [5.41, 5.74) is 1.28. The highest BCUT2D eigenvalue weighted by atomic mass is 32.2. The van der Waals surface area contributed by atoms with E-state index in [0.717, 1.165) is 19.6 Å². The highest BCUT2D eigenvalue weighted by Gasteiger charge is 2.16. The number of sulfonamides is 1. The van der Waals surface area contributed by atoms with E-state index in [1.54, 1.807) is 24.3 Å². The lowest BCUT2D eigenvalue weighted by atomic mass is 10.2. The maximum atomic E-state index is 12.0. The smallest absolute Gasteiger partial charge is 0.242 e. The minimum absolute atomic E-state index is 0.268. The van der Waals surface area contributed by atoms with Crippen LogP contribution in [-0.2, 0) is 16.6 Å². The van der Waals surface area contributed by atoms with Crippen molar-refractivity contribution in [3.63, 3.8) is 0 Å². The SMILES string of the molecule is CCN(CCOc1ccc(S(=O)(=O)N(C)C)cc1)Cc1ccccc1. The van der Waals surface area contributed by atoms with E-state index in [4.69, 9.17) is 4.74 Å². The van der Waals surface area contributed by atoms with Crippen molar-refractivity contribution < 1.29 is 13.2 Å². The predicted molar refractivity (Wildman–Crippen MR) is 100 cm³/mol. The second-order valence-corrected chi connectivity index (χ2v) is 8.11. The van der Waals surface area contributed by atoms with E-state index < -0.39 is 10.0 Å². The highest BCUT2D eigenvalue weighted by Crippen LogP contribution is 2.18. The molecule has 0 spiro atoms. The van der Waals surface area contributed by atoms with Gasteiger partial charge in [0.15, 0.2) is 0 Å². The Kier molecular flexibility index (Phi) is 6.99. The second kappa shape index (κ2) is 8.99. The number of nitrogens with zero attached hydrogens (tertiary/aromatic N) is 2. The molecule has 0 aromatic heterocycles. The van der Waals surface area contributed by atoms with Crippen LogP contribution in [0.25, 0.3) is 0 Å². The van der Waals surface area contributed by atoms with Crippen LogP contribution in [0.3, 0.4) is 0 Å². The van der Waals surface area contributed by atoms with Crippen LogP contribution in [0.4, 0.5) is 0 Å². The van der Waals surface area contributed by atoms with Gasteiger partial charge >= 0.3 is 0 Å². The van der Waals surface area contributed by atoms with Crippen molar-refractivity contribution in [2.75, 3.05) is 33.8 Å². The van der Waals surface area contributed by atoms with E-state index in [0.29, 0.717) is 12.4 Å². The fourth-order valence-corrected chi connectivity index (χ4v) is 3.30. The molecule has 2 aromatic rings. The summed E-state index contributed by atoms with van der Waals surface area (Å²) in [6.07, 6.45) is 0. The highest BCUT2D eigenvalue weighted by molar-refractivity contribution is 7.89. The van der Waals surface area contributed by atoms with E-state index in [1.807, 2.05) is 18.2 Å². The molecule has 0 N–H and O–H groups in total. The molecular weight excluding hydrogens is 336 g/mol. The fraction of sp³-hybridized carbons (Fsp3) is 0.368. The van der Waals surface area contributed by atoms with E-state index in [9.17, 15) is 8.42 Å². The van der Waals surface area contributed by atoms with Gasteiger partial charge < -0.3 is 4.74 Å². The van der Waals surface area contributed by atoms with E-state index in [-0.39, 0.29) is 4.90 Å². The van der Waals surface area contributed by atoms with Gasteiger partial charge in [0.05, 0.1) is 4.90 Å². The summed E-state index contributed by atoms with van der Waals surface area (Å²) in [6.45, 7) is 5.33. The number of ether oxygens (including phenoxy) is 1. The topological polar surface area (TPSA) is 49.9 Å².